The number of likely N-dealkylation sites (tertiary alicyclic amines) is 1. The number of carbonyl (C=O) groups excluding carboxylic acids is 1. The summed E-state index contributed by atoms with van der Waals surface area (Å²) >= 11 is 0. The highest BCUT2D eigenvalue weighted by atomic mass is 16.4. The molecule has 2 unspecified atom stereocenters. The fourth-order valence-electron chi connectivity index (χ4n) is 2.95. The van der Waals surface area contributed by atoms with Crippen molar-refractivity contribution in [3.05, 3.63) is 0 Å². The smallest absolute Gasteiger partial charge is 0.326 e. The zero-order valence-corrected chi connectivity index (χ0v) is 10.9. The summed E-state index contributed by atoms with van der Waals surface area (Å²) in [5.41, 5.74) is 0. The van der Waals surface area contributed by atoms with E-state index >= 15 is 0 Å². The zero-order valence-electron chi connectivity index (χ0n) is 10.9. The van der Waals surface area contributed by atoms with Crippen molar-refractivity contribution in [2.75, 3.05) is 13.1 Å². The van der Waals surface area contributed by atoms with E-state index in [1.807, 2.05) is 0 Å². The number of amides is 1. The van der Waals surface area contributed by atoms with Crippen molar-refractivity contribution in [3.8, 4) is 0 Å². The second kappa shape index (κ2) is 5.69. The number of aliphatic carboxylic acids is 1. The van der Waals surface area contributed by atoms with Crippen LogP contribution in [0.5, 0.6) is 0 Å². The number of hydrogen-bond donors (Lipinski definition) is 2. The van der Waals surface area contributed by atoms with Crippen molar-refractivity contribution in [2.24, 2.45) is 5.92 Å². The van der Waals surface area contributed by atoms with E-state index in [9.17, 15) is 14.7 Å². The molecule has 2 heterocycles. The summed E-state index contributed by atoms with van der Waals surface area (Å²) in [5.74, 6) is -0.353. The van der Waals surface area contributed by atoms with Gasteiger partial charge < -0.3 is 15.3 Å². The van der Waals surface area contributed by atoms with Crippen LogP contribution < -0.4 is 5.32 Å². The number of nitrogens with one attached hydrogen (secondary N) is 1. The molecular formula is C13H22N2O3. The summed E-state index contributed by atoms with van der Waals surface area (Å²) in [7, 11) is 0. The van der Waals surface area contributed by atoms with E-state index in [-0.39, 0.29) is 11.9 Å². The summed E-state index contributed by atoms with van der Waals surface area (Å²) in [6, 6.07) is -0.806. The van der Waals surface area contributed by atoms with E-state index in [1.54, 1.807) is 4.90 Å². The zero-order chi connectivity index (χ0) is 13.1. The third kappa shape index (κ3) is 2.83. The van der Waals surface area contributed by atoms with Crippen LogP contribution in [0, 0.1) is 5.92 Å². The van der Waals surface area contributed by atoms with E-state index in [2.05, 4.69) is 12.2 Å². The second-order valence-corrected chi connectivity index (χ2v) is 5.52. The third-order valence-corrected chi connectivity index (χ3v) is 4.03. The monoisotopic (exact) mass is 254 g/mol. The Bertz CT molecular complexity index is 332. The van der Waals surface area contributed by atoms with Gasteiger partial charge in [0.1, 0.15) is 6.04 Å². The third-order valence-electron chi connectivity index (χ3n) is 4.03. The molecule has 0 aliphatic carbocycles. The Morgan fingerprint density at radius 1 is 1.28 bits per heavy atom. The van der Waals surface area contributed by atoms with Crippen LogP contribution in [0.1, 0.15) is 39.0 Å². The molecule has 3 atom stereocenters. The molecule has 1 amide bonds. The summed E-state index contributed by atoms with van der Waals surface area (Å²) in [4.78, 5) is 25.2. The Labute approximate surface area is 108 Å². The van der Waals surface area contributed by atoms with Gasteiger partial charge in [0.2, 0.25) is 5.91 Å². The standard InChI is InChI=1S/C13H22N2O3/c1-9-5-6-14-10(8-9)12(16)15-7-3-2-4-11(15)13(17)18/h9-11,14H,2-8H2,1H3,(H,17,18)/t9?,10?,11-/m0/s1. The average Bonchev–Trinajstić information content (AvgIpc) is 2.38. The highest BCUT2D eigenvalue weighted by Crippen LogP contribution is 2.22. The molecular weight excluding hydrogens is 232 g/mol. The predicted molar refractivity (Wildman–Crippen MR) is 67.2 cm³/mol. The van der Waals surface area contributed by atoms with E-state index < -0.39 is 12.0 Å². The van der Waals surface area contributed by atoms with Gasteiger partial charge in [-0.25, -0.2) is 4.79 Å². The van der Waals surface area contributed by atoms with Crippen molar-refractivity contribution < 1.29 is 14.7 Å². The van der Waals surface area contributed by atoms with Crippen LogP contribution in [0.25, 0.3) is 0 Å². The van der Waals surface area contributed by atoms with Gasteiger partial charge >= 0.3 is 5.97 Å². The van der Waals surface area contributed by atoms with Crippen LogP contribution in [0.3, 0.4) is 0 Å². The lowest BCUT2D eigenvalue weighted by Crippen LogP contribution is -2.56. The number of carbonyl (C=O) groups is 2. The molecule has 5 heteroatoms. The van der Waals surface area contributed by atoms with Gasteiger partial charge in [0.25, 0.3) is 0 Å². The Morgan fingerprint density at radius 2 is 2.06 bits per heavy atom. The molecule has 0 aromatic heterocycles. The van der Waals surface area contributed by atoms with Crippen molar-refractivity contribution >= 4 is 11.9 Å². The van der Waals surface area contributed by atoms with Gasteiger partial charge in [0.05, 0.1) is 6.04 Å². The largest absolute Gasteiger partial charge is 0.480 e. The molecule has 0 aromatic rings. The summed E-state index contributed by atoms with van der Waals surface area (Å²) in [6.45, 7) is 3.58. The van der Waals surface area contributed by atoms with Gasteiger partial charge in [-0.1, -0.05) is 6.92 Å². The molecule has 18 heavy (non-hydrogen) atoms. The molecule has 2 aliphatic rings. The first kappa shape index (κ1) is 13.3. The van der Waals surface area contributed by atoms with E-state index in [0.717, 1.165) is 32.2 Å². The van der Waals surface area contributed by atoms with Crippen molar-refractivity contribution in [3.63, 3.8) is 0 Å². The van der Waals surface area contributed by atoms with Crippen LogP contribution in [-0.4, -0.2) is 47.1 Å². The highest BCUT2D eigenvalue weighted by Gasteiger charge is 2.36. The molecule has 2 aliphatic heterocycles. The second-order valence-electron chi connectivity index (χ2n) is 5.52. The number of nitrogens with zero attached hydrogens (tertiary/aromatic N) is 1. The van der Waals surface area contributed by atoms with Crippen LogP contribution >= 0.6 is 0 Å². The number of piperidine rings is 2. The maximum atomic E-state index is 12.4. The SMILES string of the molecule is CC1CCNC(C(=O)N2CCCC[C@H]2C(=O)O)C1. The number of carboxylic acids is 1. The van der Waals surface area contributed by atoms with E-state index in [0.29, 0.717) is 18.9 Å². The first-order valence-electron chi connectivity index (χ1n) is 6.86. The molecule has 2 saturated heterocycles. The highest BCUT2D eigenvalue weighted by molar-refractivity contribution is 5.87. The number of hydrogen-bond acceptors (Lipinski definition) is 3. The minimum atomic E-state index is -0.869. The van der Waals surface area contributed by atoms with Gasteiger partial charge in [0, 0.05) is 6.54 Å². The summed E-state index contributed by atoms with van der Waals surface area (Å²) in [5, 5.41) is 12.4. The maximum Gasteiger partial charge on any atom is 0.326 e. The maximum absolute atomic E-state index is 12.4. The first-order valence-corrected chi connectivity index (χ1v) is 6.86. The van der Waals surface area contributed by atoms with Crippen molar-refractivity contribution in [2.45, 2.75) is 51.1 Å². The fraction of sp³-hybridized carbons (Fsp3) is 0.846. The normalized spacial score (nSPS) is 33.2. The summed E-state index contributed by atoms with van der Waals surface area (Å²) < 4.78 is 0. The molecule has 0 saturated carbocycles. The van der Waals surface area contributed by atoms with Crippen LogP contribution in [0.2, 0.25) is 0 Å². The quantitative estimate of drug-likeness (QED) is 0.766. The minimum absolute atomic E-state index is 0.0198. The molecule has 0 spiro atoms. The van der Waals surface area contributed by atoms with Crippen molar-refractivity contribution in [1.29, 1.82) is 0 Å². The van der Waals surface area contributed by atoms with Crippen LogP contribution in [-0.2, 0) is 9.59 Å². The van der Waals surface area contributed by atoms with Gasteiger partial charge in [0.15, 0.2) is 0 Å². The molecule has 0 bridgehead atoms. The molecule has 2 fully saturated rings. The first-order chi connectivity index (χ1) is 8.59. The lowest BCUT2D eigenvalue weighted by Gasteiger charge is -2.37. The molecule has 0 aromatic carbocycles. The lowest BCUT2D eigenvalue weighted by molar-refractivity contribution is -0.153. The van der Waals surface area contributed by atoms with Gasteiger partial charge in [-0.3, -0.25) is 4.79 Å². The predicted octanol–water partition coefficient (Wildman–Crippen LogP) is 0.840. The topological polar surface area (TPSA) is 69.6 Å². The van der Waals surface area contributed by atoms with Crippen LogP contribution in [0.4, 0.5) is 0 Å². The van der Waals surface area contributed by atoms with Crippen molar-refractivity contribution in [1.82, 2.24) is 10.2 Å². The van der Waals surface area contributed by atoms with Gasteiger partial charge in [-0.2, -0.15) is 0 Å². The Balaban J connectivity index is 2.03. The average molecular weight is 254 g/mol. The molecule has 5 nitrogen and oxygen atoms in total. The van der Waals surface area contributed by atoms with Gasteiger partial charge in [-0.05, 0) is 44.6 Å². The Kier molecular flexibility index (Phi) is 4.22. The van der Waals surface area contributed by atoms with E-state index in [4.69, 9.17) is 0 Å². The van der Waals surface area contributed by atoms with E-state index in [1.165, 1.54) is 0 Å². The fourth-order valence-corrected chi connectivity index (χ4v) is 2.95. The van der Waals surface area contributed by atoms with Gasteiger partial charge in [-0.15, -0.1) is 0 Å². The molecule has 102 valence electrons. The minimum Gasteiger partial charge on any atom is -0.480 e. The molecule has 2 rings (SSSR count). The number of carboxylic acid groups (broad SMARTS) is 1. The molecule has 0 radical (unpaired) electrons. The number of rotatable bonds is 2. The lowest BCUT2D eigenvalue weighted by atomic mass is 9.92. The molecule has 2 N–H and O–H groups in total. The van der Waals surface area contributed by atoms with Crippen LogP contribution in [0.15, 0.2) is 0 Å². The Morgan fingerprint density at radius 3 is 2.72 bits per heavy atom. The Hall–Kier alpha value is -1.10. The summed E-state index contributed by atoms with van der Waals surface area (Å²) in [6.07, 6.45) is 4.31.